The minimum absolute atomic E-state index is 0.284. The number of nitrogens with zero attached hydrogens (tertiary/aromatic N) is 2. The van der Waals surface area contributed by atoms with E-state index < -0.39 is 0 Å². The van der Waals surface area contributed by atoms with Crippen LogP contribution in [-0.2, 0) is 31.2 Å². The summed E-state index contributed by atoms with van der Waals surface area (Å²) >= 11 is 0. The third-order valence-electron chi connectivity index (χ3n) is 3.18. The smallest absolute Gasteiger partial charge is 0.135 e. The molecule has 1 unspecified atom stereocenters. The van der Waals surface area contributed by atoms with Crippen molar-refractivity contribution in [3.63, 3.8) is 0 Å². The molecule has 0 radical (unpaired) electrons. The molecule has 90 valence electrons. The average molecular weight is 223 g/mol. The van der Waals surface area contributed by atoms with E-state index in [-0.39, 0.29) is 6.04 Å². The van der Waals surface area contributed by atoms with Crippen molar-refractivity contribution in [3.05, 3.63) is 17.2 Å². The Bertz CT molecular complexity index is 359. The van der Waals surface area contributed by atoms with Gasteiger partial charge in [-0.15, -0.1) is 0 Å². The van der Waals surface area contributed by atoms with Gasteiger partial charge in [0.25, 0.3) is 0 Å². The molecule has 2 rings (SSSR count). The van der Waals surface area contributed by atoms with E-state index in [1.165, 1.54) is 11.4 Å². The molecule has 0 bridgehead atoms. The summed E-state index contributed by atoms with van der Waals surface area (Å²) in [6.45, 7) is 3.53. The molecule has 4 nitrogen and oxygen atoms in total. The number of fused-ring (bicyclic) bond motifs is 1. The van der Waals surface area contributed by atoms with Crippen molar-refractivity contribution in [2.75, 3.05) is 6.61 Å². The van der Waals surface area contributed by atoms with Crippen molar-refractivity contribution in [2.45, 2.75) is 45.3 Å². The van der Waals surface area contributed by atoms with Crippen LogP contribution in [0.25, 0.3) is 0 Å². The van der Waals surface area contributed by atoms with Crippen LogP contribution in [0, 0.1) is 0 Å². The predicted molar refractivity (Wildman–Crippen MR) is 63.2 cm³/mol. The highest BCUT2D eigenvalue weighted by atomic mass is 16.5. The molecule has 0 amide bonds. The SMILES string of the molecule is CCCOCc1nc2c(n1C)CCC(N)C2. The Morgan fingerprint density at radius 2 is 2.38 bits per heavy atom. The van der Waals surface area contributed by atoms with Crippen LogP contribution >= 0.6 is 0 Å². The van der Waals surface area contributed by atoms with Gasteiger partial charge in [0.05, 0.1) is 5.69 Å². The van der Waals surface area contributed by atoms with Gasteiger partial charge in [-0.3, -0.25) is 0 Å². The van der Waals surface area contributed by atoms with E-state index in [1.54, 1.807) is 0 Å². The molecule has 2 N–H and O–H groups in total. The van der Waals surface area contributed by atoms with E-state index in [0.29, 0.717) is 6.61 Å². The van der Waals surface area contributed by atoms with Gasteiger partial charge in [0.2, 0.25) is 0 Å². The standard InChI is InChI=1S/C12H21N3O/c1-3-6-16-8-12-14-10-7-9(13)4-5-11(10)15(12)2/h9H,3-8,13H2,1-2H3. The van der Waals surface area contributed by atoms with Gasteiger partial charge in [-0.25, -0.2) is 4.98 Å². The molecular weight excluding hydrogens is 202 g/mol. The lowest BCUT2D eigenvalue weighted by atomic mass is 9.97. The molecule has 1 heterocycles. The average Bonchev–Trinajstić information content (AvgIpc) is 2.56. The van der Waals surface area contributed by atoms with Crippen LogP contribution in [0.4, 0.5) is 0 Å². The van der Waals surface area contributed by atoms with Crippen molar-refractivity contribution in [2.24, 2.45) is 12.8 Å². The summed E-state index contributed by atoms with van der Waals surface area (Å²) in [5.74, 6) is 1.03. The highest BCUT2D eigenvalue weighted by molar-refractivity contribution is 5.21. The van der Waals surface area contributed by atoms with Crippen molar-refractivity contribution in [3.8, 4) is 0 Å². The van der Waals surface area contributed by atoms with E-state index in [1.807, 2.05) is 0 Å². The fraction of sp³-hybridized carbons (Fsp3) is 0.750. The molecule has 1 aromatic rings. The number of aromatic nitrogens is 2. The highest BCUT2D eigenvalue weighted by Gasteiger charge is 2.21. The molecule has 0 spiro atoms. The van der Waals surface area contributed by atoms with E-state index in [9.17, 15) is 0 Å². The quantitative estimate of drug-likeness (QED) is 0.779. The fourth-order valence-corrected chi connectivity index (χ4v) is 2.23. The zero-order chi connectivity index (χ0) is 11.5. The molecular formula is C12H21N3O. The minimum Gasteiger partial charge on any atom is -0.374 e. The monoisotopic (exact) mass is 223 g/mol. The first kappa shape index (κ1) is 11.6. The normalized spacial score (nSPS) is 19.8. The first-order valence-electron chi connectivity index (χ1n) is 6.09. The van der Waals surface area contributed by atoms with Crippen molar-refractivity contribution < 1.29 is 4.74 Å². The van der Waals surface area contributed by atoms with Gasteiger partial charge >= 0.3 is 0 Å². The molecule has 0 saturated carbocycles. The first-order chi connectivity index (χ1) is 7.72. The highest BCUT2D eigenvalue weighted by Crippen LogP contribution is 2.21. The maximum atomic E-state index is 5.95. The van der Waals surface area contributed by atoms with Crippen molar-refractivity contribution in [1.29, 1.82) is 0 Å². The number of ether oxygens (including phenoxy) is 1. The van der Waals surface area contributed by atoms with Crippen LogP contribution < -0.4 is 5.73 Å². The molecule has 0 saturated heterocycles. The van der Waals surface area contributed by atoms with Gasteiger partial charge < -0.3 is 15.0 Å². The molecule has 0 aliphatic heterocycles. The number of imidazole rings is 1. The number of hydrogen-bond donors (Lipinski definition) is 1. The molecule has 1 aliphatic carbocycles. The van der Waals surface area contributed by atoms with Gasteiger partial charge in [-0.2, -0.15) is 0 Å². The Hall–Kier alpha value is -0.870. The molecule has 1 atom stereocenters. The second-order valence-corrected chi connectivity index (χ2v) is 4.54. The summed E-state index contributed by atoms with van der Waals surface area (Å²) < 4.78 is 7.72. The van der Waals surface area contributed by atoms with Crippen LogP contribution in [0.2, 0.25) is 0 Å². The molecule has 16 heavy (non-hydrogen) atoms. The summed E-state index contributed by atoms with van der Waals surface area (Å²) in [6.07, 6.45) is 4.08. The van der Waals surface area contributed by atoms with Gasteiger partial charge in [0.1, 0.15) is 12.4 Å². The summed E-state index contributed by atoms with van der Waals surface area (Å²) in [5, 5.41) is 0. The van der Waals surface area contributed by atoms with Gasteiger partial charge in [-0.05, 0) is 19.3 Å². The van der Waals surface area contributed by atoms with Crippen LogP contribution in [0.15, 0.2) is 0 Å². The van der Waals surface area contributed by atoms with Crippen LogP contribution in [0.3, 0.4) is 0 Å². The number of nitrogens with two attached hydrogens (primary N) is 1. The summed E-state index contributed by atoms with van der Waals surface area (Å²) in [5.41, 5.74) is 8.47. The molecule has 0 aromatic carbocycles. The van der Waals surface area contributed by atoms with E-state index in [4.69, 9.17) is 10.5 Å². The number of rotatable bonds is 4. The fourth-order valence-electron chi connectivity index (χ4n) is 2.23. The van der Waals surface area contributed by atoms with Crippen LogP contribution in [0.5, 0.6) is 0 Å². The lowest BCUT2D eigenvalue weighted by Gasteiger charge is -2.17. The zero-order valence-electron chi connectivity index (χ0n) is 10.2. The minimum atomic E-state index is 0.284. The predicted octanol–water partition coefficient (Wildman–Crippen LogP) is 1.16. The maximum absolute atomic E-state index is 5.95. The Morgan fingerprint density at radius 1 is 1.56 bits per heavy atom. The lowest BCUT2D eigenvalue weighted by Crippen LogP contribution is -2.28. The number of hydrogen-bond acceptors (Lipinski definition) is 3. The maximum Gasteiger partial charge on any atom is 0.135 e. The van der Waals surface area contributed by atoms with E-state index in [2.05, 4.69) is 23.5 Å². The first-order valence-corrected chi connectivity index (χ1v) is 6.09. The summed E-state index contributed by atoms with van der Waals surface area (Å²) in [6, 6.07) is 0.284. The molecule has 1 aromatic heterocycles. The van der Waals surface area contributed by atoms with Gasteiger partial charge in [0.15, 0.2) is 0 Å². The Balaban J connectivity index is 2.09. The molecule has 0 fully saturated rings. The van der Waals surface area contributed by atoms with Crippen molar-refractivity contribution in [1.82, 2.24) is 9.55 Å². The topological polar surface area (TPSA) is 53.1 Å². The van der Waals surface area contributed by atoms with E-state index in [0.717, 1.165) is 38.1 Å². The van der Waals surface area contributed by atoms with Crippen LogP contribution in [-0.4, -0.2) is 22.2 Å². The third-order valence-corrected chi connectivity index (χ3v) is 3.18. The van der Waals surface area contributed by atoms with Crippen LogP contribution in [0.1, 0.15) is 37.0 Å². The lowest BCUT2D eigenvalue weighted by molar-refractivity contribution is 0.114. The molecule has 1 aliphatic rings. The van der Waals surface area contributed by atoms with E-state index >= 15 is 0 Å². The summed E-state index contributed by atoms with van der Waals surface area (Å²) in [7, 11) is 2.08. The Kier molecular flexibility index (Phi) is 3.61. The second kappa shape index (κ2) is 4.97. The third kappa shape index (κ3) is 2.28. The largest absolute Gasteiger partial charge is 0.374 e. The van der Waals surface area contributed by atoms with Gasteiger partial charge in [-0.1, -0.05) is 6.92 Å². The second-order valence-electron chi connectivity index (χ2n) is 4.54. The summed E-state index contributed by atoms with van der Waals surface area (Å²) in [4.78, 5) is 4.63. The molecule has 4 heteroatoms. The Morgan fingerprint density at radius 3 is 3.12 bits per heavy atom. The Labute approximate surface area is 96.8 Å². The van der Waals surface area contributed by atoms with Crippen molar-refractivity contribution >= 4 is 0 Å². The zero-order valence-corrected chi connectivity index (χ0v) is 10.2. The van der Waals surface area contributed by atoms with Gasteiger partial charge in [0, 0.05) is 31.8 Å².